The van der Waals surface area contributed by atoms with Gasteiger partial charge in [-0.25, -0.2) is 5.43 Å². The molecule has 0 bridgehead atoms. The van der Waals surface area contributed by atoms with Crippen LogP contribution in [0.2, 0.25) is 0 Å². The smallest absolute Gasteiger partial charge is 0.0876 e. The summed E-state index contributed by atoms with van der Waals surface area (Å²) in [4.78, 5) is 4.33. The first-order valence-electron chi connectivity index (χ1n) is 6.50. The molecular formula is C15H17N3O. The van der Waals surface area contributed by atoms with E-state index in [1.54, 1.807) is 6.20 Å². The number of hydrogen-bond donors (Lipinski definition) is 2. The number of pyridine rings is 1. The second-order valence-corrected chi connectivity index (χ2v) is 4.72. The maximum Gasteiger partial charge on any atom is 0.0876 e. The van der Waals surface area contributed by atoms with Crippen molar-refractivity contribution in [3.8, 4) is 0 Å². The van der Waals surface area contributed by atoms with Gasteiger partial charge < -0.3 is 4.74 Å². The van der Waals surface area contributed by atoms with Crippen LogP contribution in [-0.2, 0) is 4.74 Å². The van der Waals surface area contributed by atoms with Crippen LogP contribution < -0.4 is 11.3 Å². The highest BCUT2D eigenvalue weighted by atomic mass is 16.5. The first kappa shape index (κ1) is 12.1. The number of rotatable bonds is 3. The summed E-state index contributed by atoms with van der Waals surface area (Å²) in [6.45, 7) is 0.794. The van der Waals surface area contributed by atoms with Crippen LogP contribution in [0.5, 0.6) is 0 Å². The van der Waals surface area contributed by atoms with Crippen molar-refractivity contribution in [3.05, 3.63) is 53.9 Å². The van der Waals surface area contributed by atoms with Gasteiger partial charge in [-0.3, -0.25) is 10.8 Å². The molecule has 98 valence electrons. The van der Waals surface area contributed by atoms with Crippen LogP contribution in [0, 0.1) is 0 Å². The zero-order valence-corrected chi connectivity index (χ0v) is 10.7. The molecule has 2 aromatic rings. The lowest BCUT2D eigenvalue weighted by molar-refractivity contribution is 0.219. The van der Waals surface area contributed by atoms with E-state index in [-0.39, 0.29) is 6.04 Å². The fourth-order valence-electron chi connectivity index (χ4n) is 2.49. The summed E-state index contributed by atoms with van der Waals surface area (Å²) >= 11 is 0. The van der Waals surface area contributed by atoms with Gasteiger partial charge in [0.25, 0.3) is 0 Å². The SMILES string of the molecule is NNC(C1=COCCC1)c1ccc2ncccc2c1. The van der Waals surface area contributed by atoms with Gasteiger partial charge in [-0.1, -0.05) is 12.1 Å². The van der Waals surface area contributed by atoms with E-state index in [0.29, 0.717) is 0 Å². The van der Waals surface area contributed by atoms with Crippen molar-refractivity contribution in [2.24, 2.45) is 5.84 Å². The maximum absolute atomic E-state index is 5.72. The van der Waals surface area contributed by atoms with Crippen LogP contribution in [0.15, 0.2) is 48.4 Å². The predicted octanol–water partition coefficient (Wildman–Crippen LogP) is 2.43. The molecule has 0 saturated heterocycles. The quantitative estimate of drug-likeness (QED) is 0.653. The first-order chi connectivity index (χ1) is 9.38. The van der Waals surface area contributed by atoms with Gasteiger partial charge in [0.2, 0.25) is 0 Å². The number of nitrogens with one attached hydrogen (secondary N) is 1. The molecule has 3 N–H and O–H groups in total. The highest BCUT2D eigenvalue weighted by Crippen LogP contribution is 2.28. The van der Waals surface area contributed by atoms with Gasteiger partial charge in [-0.2, -0.15) is 0 Å². The van der Waals surface area contributed by atoms with Crippen LogP contribution >= 0.6 is 0 Å². The number of benzene rings is 1. The maximum atomic E-state index is 5.72. The average molecular weight is 255 g/mol. The molecule has 0 fully saturated rings. The van der Waals surface area contributed by atoms with E-state index >= 15 is 0 Å². The van der Waals surface area contributed by atoms with Gasteiger partial charge in [0.05, 0.1) is 24.4 Å². The van der Waals surface area contributed by atoms with Gasteiger partial charge in [-0.05, 0) is 42.2 Å². The van der Waals surface area contributed by atoms with Gasteiger partial charge in [0, 0.05) is 11.6 Å². The van der Waals surface area contributed by atoms with E-state index in [1.807, 2.05) is 18.4 Å². The summed E-state index contributed by atoms with van der Waals surface area (Å²) < 4.78 is 5.40. The van der Waals surface area contributed by atoms with E-state index in [1.165, 1.54) is 5.57 Å². The van der Waals surface area contributed by atoms with Crippen LogP contribution in [0.4, 0.5) is 0 Å². The summed E-state index contributed by atoms with van der Waals surface area (Å²) in [7, 11) is 0. The number of hydrogen-bond acceptors (Lipinski definition) is 4. The minimum absolute atomic E-state index is 0.00454. The molecule has 0 amide bonds. The number of fused-ring (bicyclic) bond motifs is 1. The van der Waals surface area contributed by atoms with Crippen molar-refractivity contribution in [2.45, 2.75) is 18.9 Å². The molecule has 0 saturated carbocycles. The molecule has 1 aliphatic rings. The van der Waals surface area contributed by atoms with E-state index in [9.17, 15) is 0 Å². The standard InChI is InChI=1S/C15H17N3O/c16-18-15(13-4-2-8-19-10-13)12-5-6-14-11(9-12)3-1-7-17-14/h1,3,5-7,9-10,15,18H,2,4,8,16H2. The normalized spacial score (nSPS) is 16.8. The molecule has 1 unspecified atom stereocenters. The lowest BCUT2D eigenvalue weighted by Crippen LogP contribution is -2.30. The summed E-state index contributed by atoms with van der Waals surface area (Å²) in [5.74, 6) is 5.72. The van der Waals surface area contributed by atoms with Crippen molar-refractivity contribution >= 4 is 10.9 Å². The summed E-state index contributed by atoms with van der Waals surface area (Å²) in [5.41, 5.74) is 6.21. The molecule has 1 atom stereocenters. The van der Waals surface area contributed by atoms with Gasteiger partial charge in [0.15, 0.2) is 0 Å². The molecule has 0 radical (unpaired) electrons. The second-order valence-electron chi connectivity index (χ2n) is 4.72. The topological polar surface area (TPSA) is 60.2 Å². The Balaban J connectivity index is 1.98. The Hall–Kier alpha value is -1.91. The molecule has 1 aromatic carbocycles. The third kappa shape index (κ3) is 2.45. The van der Waals surface area contributed by atoms with E-state index in [0.717, 1.165) is 35.9 Å². The largest absolute Gasteiger partial charge is 0.501 e. The predicted molar refractivity (Wildman–Crippen MR) is 75.1 cm³/mol. The molecule has 1 aliphatic heterocycles. The summed E-state index contributed by atoms with van der Waals surface area (Å²) in [6, 6.07) is 10.2. The molecule has 0 spiro atoms. The lowest BCUT2D eigenvalue weighted by Gasteiger charge is -2.23. The van der Waals surface area contributed by atoms with Crippen molar-refractivity contribution in [1.29, 1.82) is 0 Å². The minimum atomic E-state index is 0.00454. The number of ether oxygens (including phenoxy) is 1. The Labute approximate surface area is 112 Å². The van der Waals surface area contributed by atoms with Crippen molar-refractivity contribution in [1.82, 2.24) is 10.4 Å². The van der Waals surface area contributed by atoms with Crippen molar-refractivity contribution in [2.75, 3.05) is 6.61 Å². The van der Waals surface area contributed by atoms with Crippen LogP contribution in [-0.4, -0.2) is 11.6 Å². The number of aromatic nitrogens is 1. The monoisotopic (exact) mass is 255 g/mol. The molecule has 19 heavy (non-hydrogen) atoms. The fourth-order valence-corrected chi connectivity index (χ4v) is 2.49. The Bertz CT molecular complexity index is 609. The summed E-state index contributed by atoms with van der Waals surface area (Å²) in [6.07, 6.45) is 5.69. The second kappa shape index (κ2) is 5.38. The van der Waals surface area contributed by atoms with E-state index in [2.05, 4.69) is 28.6 Å². The average Bonchev–Trinajstić information content (AvgIpc) is 2.49. The van der Waals surface area contributed by atoms with Crippen LogP contribution in [0.25, 0.3) is 10.9 Å². The lowest BCUT2D eigenvalue weighted by atomic mass is 9.95. The molecular weight excluding hydrogens is 238 g/mol. The van der Waals surface area contributed by atoms with Crippen LogP contribution in [0.3, 0.4) is 0 Å². The highest BCUT2D eigenvalue weighted by Gasteiger charge is 2.18. The highest BCUT2D eigenvalue weighted by molar-refractivity contribution is 5.79. The van der Waals surface area contributed by atoms with E-state index < -0.39 is 0 Å². The molecule has 2 heterocycles. The third-order valence-electron chi connectivity index (χ3n) is 3.46. The van der Waals surface area contributed by atoms with Crippen molar-refractivity contribution in [3.63, 3.8) is 0 Å². The molecule has 4 nitrogen and oxygen atoms in total. The van der Waals surface area contributed by atoms with Gasteiger partial charge >= 0.3 is 0 Å². The Morgan fingerprint density at radius 1 is 1.32 bits per heavy atom. The van der Waals surface area contributed by atoms with Crippen molar-refractivity contribution < 1.29 is 4.74 Å². The van der Waals surface area contributed by atoms with Gasteiger partial charge in [0.1, 0.15) is 0 Å². The Morgan fingerprint density at radius 2 is 2.26 bits per heavy atom. The van der Waals surface area contributed by atoms with E-state index in [4.69, 9.17) is 10.6 Å². The summed E-state index contributed by atoms with van der Waals surface area (Å²) in [5, 5.41) is 1.12. The van der Waals surface area contributed by atoms with Gasteiger partial charge in [-0.15, -0.1) is 0 Å². The molecule has 4 heteroatoms. The Kier molecular flexibility index (Phi) is 3.44. The zero-order valence-electron chi connectivity index (χ0n) is 10.7. The molecule has 1 aromatic heterocycles. The number of nitrogens with two attached hydrogens (primary N) is 1. The number of hydrazine groups is 1. The third-order valence-corrected chi connectivity index (χ3v) is 3.46. The fraction of sp³-hybridized carbons (Fsp3) is 0.267. The first-order valence-corrected chi connectivity index (χ1v) is 6.50. The van der Waals surface area contributed by atoms with Crippen LogP contribution in [0.1, 0.15) is 24.4 Å². The Morgan fingerprint density at radius 3 is 3.05 bits per heavy atom. The minimum Gasteiger partial charge on any atom is -0.501 e. The number of nitrogens with zero attached hydrogens (tertiary/aromatic N) is 1. The molecule has 0 aliphatic carbocycles. The zero-order chi connectivity index (χ0) is 13.1. The molecule has 3 rings (SSSR count).